The number of amides is 1. The van der Waals surface area contributed by atoms with Crippen molar-refractivity contribution < 1.29 is 14.7 Å². The van der Waals surface area contributed by atoms with Crippen molar-refractivity contribution in [1.29, 1.82) is 0 Å². The van der Waals surface area contributed by atoms with Crippen LogP contribution in [-0.4, -0.2) is 27.5 Å². The standard InChI is InChI=1S/C12H14N2O3/c1-12(5-2-6-12)14-10(15)9-4-3-8(7-13-9)11(16)17/h3-4,7H,2,5-6H2,1H3,(H,14,15)(H,16,17). The van der Waals surface area contributed by atoms with Crippen molar-refractivity contribution in [2.45, 2.75) is 31.7 Å². The molecule has 0 bridgehead atoms. The molecule has 0 spiro atoms. The molecule has 0 saturated heterocycles. The van der Waals surface area contributed by atoms with Gasteiger partial charge in [0.2, 0.25) is 0 Å². The Balaban J connectivity index is 2.06. The Labute approximate surface area is 98.9 Å². The molecule has 0 aliphatic heterocycles. The third-order valence-corrected chi connectivity index (χ3v) is 3.12. The second-order valence-corrected chi connectivity index (χ2v) is 4.61. The minimum Gasteiger partial charge on any atom is -0.478 e. The summed E-state index contributed by atoms with van der Waals surface area (Å²) in [5, 5.41) is 11.6. The van der Waals surface area contributed by atoms with Crippen LogP contribution in [0.2, 0.25) is 0 Å². The zero-order valence-electron chi connectivity index (χ0n) is 9.56. The number of carbonyl (C=O) groups excluding carboxylic acids is 1. The molecule has 1 aromatic heterocycles. The highest BCUT2D eigenvalue weighted by molar-refractivity contribution is 5.94. The Morgan fingerprint density at radius 3 is 2.53 bits per heavy atom. The van der Waals surface area contributed by atoms with Gasteiger partial charge in [-0.15, -0.1) is 0 Å². The van der Waals surface area contributed by atoms with E-state index in [-0.39, 0.29) is 22.7 Å². The van der Waals surface area contributed by atoms with Crippen molar-refractivity contribution in [3.8, 4) is 0 Å². The van der Waals surface area contributed by atoms with Gasteiger partial charge in [0, 0.05) is 11.7 Å². The zero-order chi connectivity index (χ0) is 12.5. The Kier molecular flexibility index (Phi) is 2.83. The van der Waals surface area contributed by atoms with E-state index in [0.717, 1.165) is 19.3 Å². The Bertz CT molecular complexity index is 449. The molecule has 1 heterocycles. The van der Waals surface area contributed by atoms with Crippen molar-refractivity contribution in [3.05, 3.63) is 29.6 Å². The lowest BCUT2D eigenvalue weighted by Crippen LogP contribution is -2.51. The molecule has 0 unspecified atom stereocenters. The molecule has 1 fully saturated rings. The lowest BCUT2D eigenvalue weighted by Gasteiger charge is -2.38. The number of carbonyl (C=O) groups is 2. The van der Waals surface area contributed by atoms with Gasteiger partial charge in [0.1, 0.15) is 5.69 Å². The highest BCUT2D eigenvalue weighted by Crippen LogP contribution is 2.31. The molecule has 1 aliphatic carbocycles. The van der Waals surface area contributed by atoms with Crippen LogP contribution in [0.1, 0.15) is 47.0 Å². The molecule has 1 aromatic rings. The first kappa shape index (κ1) is 11.6. The van der Waals surface area contributed by atoms with Crippen molar-refractivity contribution in [3.63, 3.8) is 0 Å². The van der Waals surface area contributed by atoms with Gasteiger partial charge in [-0.1, -0.05) is 0 Å². The van der Waals surface area contributed by atoms with Crippen LogP contribution in [0.25, 0.3) is 0 Å². The smallest absolute Gasteiger partial charge is 0.337 e. The van der Waals surface area contributed by atoms with Gasteiger partial charge in [0.25, 0.3) is 5.91 Å². The Morgan fingerprint density at radius 1 is 1.41 bits per heavy atom. The number of pyridine rings is 1. The predicted octanol–water partition coefficient (Wildman–Crippen LogP) is 1.45. The van der Waals surface area contributed by atoms with E-state index in [4.69, 9.17) is 5.11 Å². The number of nitrogens with zero attached hydrogens (tertiary/aromatic N) is 1. The van der Waals surface area contributed by atoms with E-state index in [1.165, 1.54) is 18.3 Å². The Morgan fingerprint density at radius 2 is 2.12 bits per heavy atom. The van der Waals surface area contributed by atoms with Crippen LogP contribution in [0.15, 0.2) is 18.3 Å². The van der Waals surface area contributed by atoms with Crippen LogP contribution in [0.3, 0.4) is 0 Å². The molecule has 90 valence electrons. The van der Waals surface area contributed by atoms with Crippen LogP contribution >= 0.6 is 0 Å². The predicted molar refractivity (Wildman–Crippen MR) is 60.9 cm³/mol. The molecule has 2 rings (SSSR count). The van der Waals surface area contributed by atoms with E-state index in [0.29, 0.717) is 0 Å². The first-order valence-corrected chi connectivity index (χ1v) is 5.52. The fourth-order valence-electron chi connectivity index (χ4n) is 1.82. The average Bonchev–Trinajstić information content (AvgIpc) is 2.27. The SMILES string of the molecule is CC1(NC(=O)c2ccc(C(=O)O)cn2)CCC1. The van der Waals surface area contributed by atoms with Crippen molar-refractivity contribution in [2.24, 2.45) is 0 Å². The number of hydrogen-bond donors (Lipinski definition) is 2. The summed E-state index contributed by atoms with van der Waals surface area (Å²) in [6.07, 6.45) is 4.28. The molecular weight excluding hydrogens is 220 g/mol. The number of aromatic carboxylic acids is 1. The summed E-state index contributed by atoms with van der Waals surface area (Å²) in [6, 6.07) is 2.81. The molecule has 0 radical (unpaired) electrons. The van der Waals surface area contributed by atoms with Gasteiger partial charge in [0.15, 0.2) is 0 Å². The van der Waals surface area contributed by atoms with E-state index in [1.807, 2.05) is 6.92 Å². The summed E-state index contributed by atoms with van der Waals surface area (Å²) < 4.78 is 0. The van der Waals surface area contributed by atoms with Crippen molar-refractivity contribution in [2.75, 3.05) is 0 Å². The van der Waals surface area contributed by atoms with Crippen LogP contribution in [0, 0.1) is 0 Å². The molecule has 1 amide bonds. The highest BCUT2D eigenvalue weighted by Gasteiger charge is 2.33. The normalized spacial score (nSPS) is 17.0. The molecule has 5 heteroatoms. The van der Waals surface area contributed by atoms with E-state index < -0.39 is 5.97 Å². The fraction of sp³-hybridized carbons (Fsp3) is 0.417. The van der Waals surface area contributed by atoms with Crippen LogP contribution in [0.5, 0.6) is 0 Å². The van der Waals surface area contributed by atoms with E-state index in [2.05, 4.69) is 10.3 Å². The van der Waals surface area contributed by atoms with Crippen LogP contribution in [-0.2, 0) is 0 Å². The fourth-order valence-corrected chi connectivity index (χ4v) is 1.82. The topological polar surface area (TPSA) is 79.3 Å². The van der Waals surface area contributed by atoms with Gasteiger partial charge < -0.3 is 10.4 Å². The van der Waals surface area contributed by atoms with E-state index in [9.17, 15) is 9.59 Å². The van der Waals surface area contributed by atoms with E-state index >= 15 is 0 Å². The summed E-state index contributed by atoms with van der Waals surface area (Å²) in [6.45, 7) is 2.00. The summed E-state index contributed by atoms with van der Waals surface area (Å²) in [5.41, 5.74) is 0.212. The first-order chi connectivity index (χ1) is 8.00. The molecule has 0 aromatic carbocycles. The minimum atomic E-state index is -1.05. The molecule has 17 heavy (non-hydrogen) atoms. The number of rotatable bonds is 3. The summed E-state index contributed by atoms with van der Waals surface area (Å²) in [4.78, 5) is 26.3. The highest BCUT2D eigenvalue weighted by atomic mass is 16.4. The maximum atomic E-state index is 11.8. The molecule has 5 nitrogen and oxygen atoms in total. The monoisotopic (exact) mass is 234 g/mol. The molecule has 1 saturated carbocycles. The average molecular weight is 234 g/mol. The molecular formula is C12H14N2O3. The first-order valence-electron chi connectivity index (χ1n) is 5.52. The summed E-state index contributed by atoms with van der Waals surface area (Å²) >= 11 is 0. The quantitative estimate of drug-likeness (QED) is 0.829. The van der Waals surface area contributed by atoms with Gasteiger partial charge >= 0.3 is 5.97 Å². The third kappa shape index (κ3) is 2.43. The van der Waals surface area contributed by atoms with Crippen LogP contribution < -0.4 is 5.32 Å². The molecule has 0 atom stereocenters. The van der Waals surface area contributed by atoms with Crippen molar-refractivity contribution in [1.82, 2.24) is 10.3 Å². The van der Waals surface area contributed by atoms with Gasteiger partial charge in [0.05, 0.1) is 5.56 Å². The number of nitrogens with one attached hydrogen (secondary N) is 1. The lowest BCUT2D eigenvalue weighted by molar-refractivity contribution is 0.0694. The minimum absolute atomic E-state index is 0.0800. The number of carboxylic acid groups (broad SMARTS) is 1. The van der Waals surface area contributed by atoms with Crippen LogP contribution in [0.4, 0.5) is 0 Å². The summed E-state index contributed by atoms with van der Waals surface area (Å²) in [5.74, 6) is -1.29. The van der Waals surface area contributed by atoms with Gasteiger partial charge in [-0.2, -0.15) is 0 Å². The zero-order valence-corrected chi connectivity index (χ0v) is 9.56. The lowest BCUT2D eigenvalue weighted by atomic mass is 9.78. The molecule has 1 aliphatic rings. The number of carboxylic acids is 1. The second kappa shape index (κ2) is 4.16. The van der Waals surface area contributed by atoms with Crippen molar-refractivity contribution >= 4 is 11.9 Å². The van der Waals surface area contributed by atoms with Gasteiger partial charge in [-0.25, -0.2) is 4.79 Å². The maximum absolute atomic E-state index is 11.8. The largest absolute Gasteiger partial charge is 0.478 e. The second-order valence-electron chi connectivity index (χ2n) is 4.61. The van der Waals surface area contributed by atoms with Gasteiger partial charge in [-0.3, -0.25) is 9.78 Å². The number of hydrogen-bond acceptors (Lipinski definition) is 3. The Hall–Kier alpha value is -1.91. The summed E-state index contributed by atoms with van der Waals surface area (Å²) in [7, 11) is 0. The van der Waals surface area contributed by atoms with E-state index in [1.54, 1.807) is 0 Å². The van der Waals surface area contributed by atoms with Gasteiger partial charge in [-0.05, 0) is 38.3 Å². The number of aromatic nitrogens is 1. The molecule has 2 N–H and O–H groups in total. The third-order valence-electron chi connectivity index (χ3n) is 3.12. The maximum Gasteiger partial charge on any atom is 0.337 e.